The van der Waals surface area contributed by atoms with Crippen molar-refractivity contribution in [2.45, 2.75) is 19.0 Å². The van der Waals surface area contributed by atoms with Gasteiger partial charge in [-0.3, -0.25) is 14.6 Å². The Balaban J connectivity index is 1.60. The highest BCUT2D eigenvalue weighted by molar-refractivity contribution is 7.09. The molecule has 27 heavy (non-hydrogen) atoms. The first-order valence-electron chi connectivity index (χ1n) is 8.43. The summed E-state index contributed by atoms with van der Waals surface area (Å²) in [5, 5.41) is 9.92. The first kappa shape index (κ1) is 17.5. The molecule has 3 aromatic rings. The van der Waals surface area contributed by atoms with Crippen LogP contribution in [0.4, 0.5) is 0 Å². The van der Waals surface area contributed by atoms with E-state index < -0.39 is 6.04 Å². The Morgan fingerprint density at radius 3 is 2.96 bits per heavy atom. The van der Waals surface area contributed by atoms with E-state index in [4.69, 9.17) is 4.74 Å². The van der Waals surface area contributed by atoms with Crippen molar-refractivity contribution < 1.29 is 9.53 Å². The minimum Gasteiger partial charge on any atom is -0.377 e. The topological polar surface area (TPSA) is 99.0 Å². The summed E-state index contributed by atoms with van der Waals surface area (Å²) in [7, 11) is 0. The highest BCUT2D eigenvalue weighted by atomic mass is 32.1. The largest absolute Gasteiger partial charge is 0.377 e. The first-order valence-corrected chi connectivity index (χ1v) is 9.31. The predicted molar refractivity (Wildman–Crippen MR) is 99.7 cm³/mol. The quantitative estimate of drug-likeness (QED) is 0.732. The van der Waals surface area contributed by atoms with Gasteiger partial charge in [0.05, 0.1) is 30.0 Å². The third-order valence-electron chi connectivity index (χ3n) is 4.32. The average molecular weight is 383 g/mol. The van der Waals surface area contributed by atoms with Crippen molar-refractivity contribution >= 4 is 17.2 Å². The fourth-order valence-electron chi connectivity index (χ4n) is 2.96. The Kier molecular flexibility index (Phi) is 4.78. The third-order valence-corrected chi connectivity index (χ3v) is 5.09. The molecule has 0 saturated carbocycles. The summed E-state index contributed by atoms with van der Waals surface area (Å²) in [5.41, 5.74) is 1.56. The fourth-order valence-corrected chi connectivity index (χ4v) is 3.56. The molecule has 0 spiro atoms. The lowest BCUT2D eigenvalue weighted by Gasteiger charge is -2.20. The number of hydrogen-bond acceptors (Lipinski definition) is 7. The number of amides is 1. The molecule has 3 aromatic heterocycles. The summed E-state index contributed by atoms with van der Waals surface area (Å²) >= 11 is 1.41. The number of carbonyl (C=O) groups excluding carboxylic acids is 1. The van der Waals surface area contributed by atoms with Crippen LogP contribution in [0.5, 0.6) is 0 Å². The van der Waals surface area contributed by atoms with Crippen LogP contribution in [-0.4, -0.2) is 44.9 Å². The van der Waals surface area contributed by atoms with Crippen LogP contribution in [0, 0.1) is 6.92 Å². The number of aryl methyl sites for hydroxylation is 1. The van der Waals surface area contributed by atoms with Gasteiger partial charge in [-0.25, -0.2) is 9.67 Å². The molecular formula is C18H17N5O3S. The van der Waals surface area contributed by atoms with E-state index in [1.54, 1.807) is 23.8 Å². The van der Waals surface area contributed by atoms with E-state index >= 15 is 0 Å². The second-order valence-electron chi connectivity index (χ2n) is 6.18. The molecule has 0 aromatic carbocycles. The molecule has 1 aliphatic rings. The summed E-state index contributed by atoms with van der Waals surface area (Å²) in [6, 6.07) is 6.06. The van der Waals surface area contributed by atoms with E-state index in [-0.39, 0.29) is 17.5 Å². The molecule has 1 saturated heterocycles. The maximum Gasteiger partial charge on any atom is 0.271 e. The van der Waals surface area contributed by atoms with Gasteiger partial charge in [0.15, 0.2) is 0 Å². The van der Waals surface area contributed by atoms with E-state index in [2.05, 4.69) is 20.4 Å². The summed E-state index contributed by atoms with van der Waals surface area (Å²) in [4.78, 5) is 33.1. The van der Waals surface area contributed by atoms with Crippen molar-refractivity contribution in [1.29, 1.82) is 0 Å². The SMILES string of the molecule is Cc1nc(C(=O)NC2COCC2n2nc(-c3cccnc3)ccc2=O)cs1. The van der Waals surface area contributed by atoms with Crippen LogP contribution in [-0.2, 0) is 4.74 Å². The zero-order chi connectivity index (χ0) is 18.8. The monoisotopic (exact) mass is 383 g/mol. The highest BCUT2D eigenvalue weighted by Gasteiger charge is 2.33. The number of pyridine rings is 1. The van der Waals surface area contributed by atoms with Crippen molar-refractivity contribution in [2.75, 3.05) is 13.2 Å². The van der Waals surface area contributed by atoms with Crippen LogP contribution < -0.4 is 10.9 Å². The van der Waals surface area contributed by atoms with Crippen molar-refractivity contribution in [1.82, 2.24) is 25.1 Å². The molecule has 2 unspecified atom stereocenters. The minimum absolute atomic E-state index is 0.248. The van der Waals surface area contributed by atoms with Gasteiger partial charge in [-0.1, -0.05) is 0 Å². The van der Waals surface area contributed by atoms with E-state index in [0.29, 0.717) is 24.6 Å². The molecule has 4 heterocycles. The lowest BCUT2D eigenvalue weighted by Crippen LogP contribution is -2.44. The van der Waals surface area contributed by atoms with Gasteiger partial charge in [0.25, 0.3) is 11.5 Å². The molecule has 0 radical (unpaired) electrons. The number of carbonyl (C=O) groups is 1. The van der Waals surface area contributed by atoms with Gasteiger partial charge in [0, 0.05) is 29.4 Å². The Morgan fingerprint density at radius 1 is 1.33 bits per heavy atom. The van der Waals surface area contributed by atoms with E-state index in [1.165, 1.54) is 22.1 Å². The van der Waals surface area contributed by atoms with Crippen LogP contribution in [0.3, 0.4) is 0 Å². The van der Waals surface area contributed by atoms with Crippen molar-refractivity contribution in [3.05, 3.63) is 63.1 Å². The van der Waals surface area contributed by atoms with Crippen LogP contribution in [0.2, 0.25) is 0 Å². The molecule has 1 fully saturated rings. The molecule has 1 aliphatic heterocycles. The van der Waals surface area contributed by atoms with Crippen LogP contribution in [0.25, 0.3) is 11.3 Å². The number of rotatable bonds is 4. The van der Waals surface area contributed by atoms with Crippen LogP contribution in [0.15, 0.2) is 46.8 Å². The van der Waals surface area contributed by atoms with Gasteiger partial charge in [-0.15, -0.1) is 11.3 Å². The molecule has 9 heteroatoms. The molecule has 1 N–H and O–H groups in total. The maximum absolute atomic E-state index is 12.4. The van der Waals surface area contributed by atoms with Gasteiger partial charge in [0.2, 0.25) is 0 Å². The van der Waals surface area contributed by atoms with Crippen LogP contribution >= 0.6 is 11.3 Å². The smallest absolute Gasteiger partial charge is 0.271 e. The molecular weight excluding hydrogens is 366 g/mol. The van der Waals surface area contributed by atoms with Crippen molar-refractivity contribution in [3.8, 4) is 11.3 Å². The number of ether oxygens (including phenoxy) is 1. The molecule has 4 rings (SSSR count). The van der Waals surface area contributed by atoms with Gasteiger partial charge >= 0.3 is 0 Å². The lowest BCUT2D eigenvalue weighted by atomic mass is 10.1. The average Bonchev–Trinajstić information content (AvgIpc) is 3.32. The zero-order valence-corrected chi connectivity index (χ0v) is 15.3. The summed E-state index contributed by atoms with van der Waals surface area (Å²) < 4.78 is 6.90. The van der Waals surface area contributed by atoms with Crippen LogP contribution in [0.1, 0.15) is 21.5 Å². The molecule has 8 nitrogen and oxygen atoms in total. The highest BCUT2D eigenvalue weighted by Crippen LogP contribution is 2.20. The predicted octanol–water partition coefficient (Wildman–Crippen LogP) is 1.44. The second-order valence-corrected chi connectivity index (χ2v) is 7.24. The Labute approximate surface area is 158 Å². The van der Waals surface area contributed by atoms with Gasteiger partial charge in [0.1, 0.15) is 11.7 Å². The Hall–Kier alpha value is -2.91. The van der Waals surface area contributed by atoms with Crippen molar-refractivity contribution in [2.24, 2.45) is 0 Å². The van der Waals surface area contributed by atoms with E-state index in [9.17, 15) is 9.59 Å². The molecule has 0 aliphatic carbocycles. The fraction of sp³-hybridized carbons (Fsp3) is 0.278. The third kappa shape index (κ3) is 3.64. The minimum atomic E-state index is -0.391. The van der Waals surface area contributed by atoms with Gasteiger partial charge < -0.3 is 10.1 Å². The number of aromatic nitrogens is 4. The molecule has 0 bridgehead atoms. The lowest BCUT2D eigenvalue weighted by molar-refractivity contribution is 0.0920. The summed E-state index contributed by atoms with van der Waals surface area (Å²) in [5.74, 6) is -0.281. The number of hydrogen-bond donors (Lipinski definition) is 1. The van der Waals surface area contributed by atoms with E-state index in [0.717, 1.165) is 10.6 Å². The first-order chi connectivity index (χ1) is 13.1. The summed E-state index contributed by atoms with van der Waals surface area (Å²) in [6.45, 7) is 2.45. The van der Waals surface area contributed by atoms with Gasteiger partial charge in [-0.05, 0) is 25.1 Å². The summed E-state index contributed by atoms with van der Waals surface area (Å²) in [6.07, 6.45) is 3.36. The Morgan fingerprint density at radius 2 is 2.22 bits per heavy atom. The van der Waals surface area contributed by atoms with Gasteiger partial charge in [-0.2, -0.15) is 5.10 Å². The number of thiazole rings is 1. The molecule has 2 atom stereocenters. The van der Waals surface area contributed by atoms with Crippen molar-refractivity contribution in [3.63, 3.8) is 0 Å². The standard InChI is InChI=1S/C18H17N5O3S/c1-11-20-15(10-27-11)18(25)21-14-8-26-9-16(14)23-17(24)5-4-13(22-23)12-3-2-6-19-7-12/h2-7,10,14,16H,8-9H2,1H3,(H,21,25). The second kappa shape index (κ2) is 7.37. The maximum atomic E-state index is 12.4. The van der Waals surface area contributed by atoms with E-state index in [1.807, 2.05) is 19.1 Å². The number of nitrogens with one attached hydrogen (secondary N) is 1. The Bertz CT molecular complexity index is 1020. The normalized spacial score (nSPS) is 19.1. The zero-order valence-electron chi connectivity index (χ0n) is 14.5. The molecule has 138 valence electrons. The molecule has 1 amide bonds. The number of nitrogens with zero attached hydrogens (tertiary/aromatic N) is 4.